The predicted octanol–water partition coefficient (Wildman–Crippen LogP) is 2.23. The van der Waals surface area contributed by atoms with Gasteiger partial charge in [-0.2, -0.15) is 0 Å². The van der Waals surface area contributed by atoms with Crippen LogP contribution in [0.1, 0.15) is 30.6 Å². The van der Waals surface area contributed by atoms with Gasteiger partial charge in [0.25, 0.3) is 5.91 Å². The molecule has 1 aliphatic carbocycles. The van der Waals surface area contributed by atoms with Gasteiger partial charge in [0.15, 0.2) is 0 Å². The number of amides is 1. The number of nitrogens with one attached hydrogen (secondary N) is 1. The molecular weight excluding hydrogens is 264 g/mol. The Bertz CT molecular complexity index is 463. The van der Waals surface area contributed by atoms with Gasteiger partial charge in [-0.25, -0.2) is 0 Å². The molecule has 19 heavy (non-hydrogen) atoms. The lowest BCUT2D eigenvalue weighted by atomic mass is 9.64. The van der Waals surface area contributed by atoms with E-state index in [1.807, 2.05) is 0 Å². The molecule has 1 saturated carbocycles. The molecule has 3 N–H and O–H groups in total. The van der Waals surface area contributed by atoms with Crippen LogP contribution in [0.25, 0.3) is 0 Å². The van der Waals surface area contributed by atoms with Gasteiger partial charge in [-0.15, -0.1) is 12.4 Å². The molecule has 0 radical (unpaired) electrons. The van der Waals surface area contributed by atoms with Crippen LogP contribution in [0.4, 0.5) is 5.69 Å². The van der Waals surface area contributed by atoms with E-state index >= 15 is 0 Å². The molecule has 1 aromatic rings. The van der Waals surface area contributed by atoms with Gasteiger partial charge in [0, 0.05) is 29.8 Å². The number of methoxy groups -OCH3 is 1. The minimum atomic E-state index is -0.0741. The fourth-order valence-electron chi connectivity index (χ4n) is 2.45. The Kier molecular flexibility index (Phi) is 4.82. The van der Waals surface area contributed by atoms with Crippen molar-refractivity contribution in [3.63, 3.8) is 0 Å². The maximum atomic E-state index is 12.1. The zero-order valence-corrected chi connectivity index (χ0v) is 12.3. The summed E-state index contributed by atoms with van der Waals surface area (Å²) in [5, 5.41) is 3.04. The molecule has 4 nitrogen and oxygen atoms in total. The summed E-state index contributed by atoms with van der Waals surface area (Å²) in [5.41, 5.74) is 6.85. The summed E-state index contributed by atoms with van der Waals surface area (Å²) in [7, 11) is 1.71. The number of carbonyl (C=O) groups is 1. The van der Waals surface area contributed by atoms with Crippen molar-refractivity contribution in [1.82, 2.24) is 5.32 Å². The van der Waals surface area contributed by atoms with Crippen molar-refractivity contribution in [1.29, 1.82) is 0 Å². The minimum Gasteiger partial charge on any atom is -0.399 e. The highest BCUT2D eigenvalue weighted by Gasteiger charge is 2.49. The third-order valence-corrected chi connectivity index (χ3v) is 3.92. The van der Waals surface area contributed by atoms with Gasteiger partial charge in [0.2, 0.25) is 0 Å². The van der Waals surface area contributed by atoms with Crippen LogP contribution in [0.5, 0.6) is 0 Å². The zero-order chi connectivity index (χ0) is 13.3. The summed E-state index contributed by atoms with van der Waals surface area (Å²) < 4.78 is 5.37. The molecule has 1 amide bonds. The Hall–Kier alpha value is -1.26. The molecular formula is C14H21ClN2O2. The first-order valence-electron chi connectivity index (χ1n) is 6.14. The van der Waals surface area contributed by atoms with Crippen LogP contribution in [0.15, 0.2) is 24.3 Å². The first-order chi connectivity index (χ1) is 8.45. The number of halogens is 1. The molecule has 106 valence electrons. The van der Waals surface area contributed by atoms with E-state index in [1.54, 1.807) is 31.4 Å². The van der Waals surface area contributed by atoms with Gasteiger partial charge in [0.1, 0.15) is 0 Å². The van der Waals surface area contributed by atoms with Crippen LogP contribution in [0.2, 0.25) is 0 Å². The molecule has 2 atom stereocenters. The zero-order valence-electron chi connectivity index (χ0n) is 11.5. The molecule has 0 spiro atoms. The van der Waals surface area contributed by atoms with Crippen LogP contribution in [-0.4, -0.2) is 25.2 Å². The lowest BCUT2D eigenvalue weighted by Gasteiger charge is -2.51. The molecule has 1 aromatic carbocycles. The van der Waals surface area contributed by atoms with Crippen LogP contribution < -0.4 is 11.1 Å². The van der Waals surface area contributed by atoms with Gasteiger partial charge >= 0.3 is 0 Å². The molecule has 0 aliphatic heterocycles. The average molecular weight is 285 g/mol. The lowest BCUT2D eigenvalue weighted by Crippen LogP contribution is -2.61. The lowest BCUT2D eigenvalue weighted by molar-refractivity contribution is -0.0942. The summed E-state index contributed by atoms with van der Waals surface area (Å²) in [6, 6.07) is 7.16. The molecule has 0 bridgehead atoms. The molecule has 5 heteroatoms. The Labute approximate surface area is 120 Å². The second-order valence-corrected chi connectivity index (χ2v) is 5.43. The molecule has 0 saturated heterocycles. The molecule has 0 heterocycles. The van der Waals surface area contributed by atoms with Crippen molar-refractivity contribution in [3.8, 4) is 0 Å². The van der Waals surface area contributed by atoms with Crippen LogP contribution in [0.3, 0.4) is 0 Å². The first-order valence-corrected chi connectivity index (χ1v) is 6.14. The van der Waals surface area contributed by atoms with E-state index in [1.165, 1.54) is 0 Å². The normalized spacial score (nSPS) is 23.9. The fourth-order valence-corrected chi connectivity index (χ4v) is 2.45. The van der Waals surface area contributed by atoms with Gasteiger partial charge in [0.05, 0.1) is 6.10 Å². The quantitative estimate of drug-likeness (QED) is 0.837. The highest BCUT2D eigenvalue weighted by atomic mass is 35.5. The van der Waals surface area contributed by atoms with E-state index in [2.05, 4.69) is 19.2 Å². The van der Waals surface area contributed by atoms with E-state index in [0.29, 0.717) is 11.3 Å². The van der Waals surface area contributed by atoms with Crippen molar-refractivity contribution >= 4 is 24.0 Å². The number of hydrogen-bond donors (Lipinski definition) is 2. The minimum absolute atomic E-state index is 0. The number of ether oxygens (including phenoxy) is 1. The largest absolute Gasteiger partial charge is 0.399 e. The van der Waals surface area contributed by atoms with Gasteiger partial charge in [-0.3, -0.25) is 4.79 Å². The summed E-state index contributed by atoms with van der Waals surface area (Å²) in [6.45, 7) is 4.21. The van der Waals surface area contributed by atoms with E-state index in [9.17, 15) is 4.79 Å². The standard InChI is InChI=1S/C14H20N2O2.ClH/c1-14(2)11(8-12(14)18-3)16-13(17)9-5-4-6-10(15)7-9;/h4-7,11-12H,8,15H2,1-3H3,(H,16,17);1H. The molecule has 2 rings (SSSR count). The van der Waals surface area contributed by atoms with Crippen molar-refractivity contribution in [3.05, 3.63) is 29.8 Å². The monoisotopic (exact) mass is 284 g/mol. The number of nitrogens with two attached hydrogens (primary N) is 1. The number of rotatable bonds is 3. The van der Waals surface area contributed by atoms with E-state index < -0.39 is 0 Å². The molecule has 1 aliphatic rings. The second kappa shape index (κ2) is 5.80. The molecule has 0 aromatic heterocycles. The van der Waals surface area contributed by atoms with Crippen molar-refractivity contribution in [2.75, 3.05) is 12.8 Å². The highest BCUT2D eigenvalue weighted by molar-refractivity contribution is 5.95. The van der Waals surface area contributed by atoms with Crippen molar-refractivity contribution in [2.45, 2.75) is 32.4 Å². The average Bonchev–Trinajstić information content (AvgIpc) is 2.33. The topological polar surface area (TPSA) is 64.3 Å². The maximum Gasteiger partial charge on any atom is 0.251 e. The van der Waals surface area contributed by atoms with Crippen molar-refractivity contribution in [2.24, 2.45) is 5.41 Å². The number of hydrogen-bond acceptors (Lipinski definition) is 3. The summed E-state index contributed by atoms with van der Waals surface area (Å²) >= 11 is 0. The van der Waals surface area contributed by atoms with Crippen LogP contribution >= 0.6 is 12.4 Å². The van der Waals surface area contributed by atoms with Gasteiger partial charge < -0.3 is 15.8 Å². The Morgan fingerprint density at radius 2 is 2.16 bits per heavy atom. The SMILES string of the molecule is COC1CC(NC(=O)c2cccc(N)c2)C1(C)C.Cl. The van der Waals surface area contributed by atoms with E-state index in [4.69, 9.17) is 10.5 Å². The van der Waals surface area contributed by atoms with Crippen molar-refractivity contribution < 1.29 is 9.53 Å². The third kappa shape index (κ3) is 3.01. The van der Waals surface area contributed by atoms with Gasteiger partial charge in [-0.05, 0) is 24.6 Å². The number of benzene rings is 1. The number of carbonyl (C=O) groups excluding carboxylic acids is 1. The first kappa shape index (κ1) is 15.8. The Morgan fingerprint density at radius 1 is 1.47 bits per heavy atom. The maximum absolute atomic E-state index is 12.1. The summed E-state index contributed by atoms with van der Waals surface area (Å²) in [4.78, 5) is 12.1. The number of nitrogen functional groups attached to an aromatic ring is 1. The van der Waals surface area contributed by atoms with E-state index in [-0.39, 0.29) is 35.9 Å². The van der Waals surface area contributed by atoms with E-state index in [0.717, 1.165) is 6.42 Å². The second-order valence-electron chi connectivity index (χ2n) is 5.43. The molecule has 1 fully saturated rings. The van der Waals surface area contributed by atoms with Crippen LogP contribution in [0, 0.1) is 5.41 Å². The summed E-state index contributed by atoms with van der Waals surface area (Å²) in [5.74, 6) is -0.0741. The number of anilines is 1. The smallest absolute Gasteiger partial charge is 0.251 e. The Morgan fingerprint density at radius 3 is 2.68 bits per heavy atom. The third-order valence-electron chi connectivity index (χ3n) is 3.92. The van der Waals surface area contributed by atoms with Gasteiger partial charge in [-0.1, -0.05) is 19.9 Å². The van der Waals surface area contributed by atoms with Crippen LogP contribution in [-0.2, 0) is 4.74 Å². The highest BCUT2D eigenvalue weighted by Crippen LogP contribution is 2.42. The fraction of sp³-hybridized carbons (Fsp3) is 0.500. The Balaban J connectivity index is 0.00000180. The molecule has 2 unspecified atom stereocenters. The predicted molar refractivity (Wildman–Crippen MR) is 78.6 cm³/mol. The summed E-state index contributed by atoms with van der Waals surface area (Å²) in [6.07, 6.45) is 1.07.